The Morgan fingerprint density at radius 2 is 2.09 bits per heavy atom. The Kier molecular flexibility index (Phi) is 4.87. The fourth-order valence-electron chi connectivity index (χ4n) is 2.34. The molecule has 1 unspecified atom stereocenters. The maximum Gasteiger partial charge on any atom is 0.323 e. The molecule has 4 N–H and O–H groups in total. The lowest BCUT2D eigenvalue weighted by Gasteiger charge is -2.24. The van der Waals surface area contributed by atoms with Gasteiger partial charge in [-0.15, -0.1) is 0 Å². The summed E-state index contributed by atoms with van der Waals surface area (Å²) in [6, 6.07) is 1.09. The highest BCUT2D eigenvalue weighted by molar-refractivity contribution is 8.21. The molecular weight excluding hydrogens is 302 g/mol. The monoisotopic (exact) mass is 323 g/mol. The minimum Gasteiger partial charge on any atom is -0.462 e. The van der Waals surface area contributed by atoms with E-state index in [9.17, 15) is 9.59 Å². The highest BCUT2D eigenvalue weighted by Crippen LogP contribution is 2.52. The zero-order valence-corrected chi connectivity index (χ0v) is 13.8. The number of ether oxygens (including phenoxy) is 1. The number of esters is 1. The van der Waals surface area contributed by atoms with Crippen molar-refractivity contribution in [2.24, 2.45) is 11.5 Å². The van der Waals surface area contributed by atoms with E-state index in [1.54, 1.807) is 26.1 Å². The van der Waals surface area contributed by atoms with Gasteiger partial charge >= 0.3 is 5.97 Å². The Labute approximate surface area is 132 Å². The first kappa shape index (κ1) is 16.5. The van der Waals surface area contributed by atoms with E-state index in [0.29, 0.717) is 10.7 Å². The van der Waals surface area contributed by atoms with Crippen LogP contribution in [0.3, 0.4) is 0 Å². The van der Waals surface area contributed by atoms with Crippen molar-refractivity contribution in [3.05, 3.63) is 28.4 Å². The molecule has 0 aromatic carbocycles. The van der Waals surface area contributed by atoms with Crippen molar-refractivity contribution in [3.8, 4) is 0 Å². The van der Waals surface area contributed by atoms with Gasteiger partial charge in [-0.2, -0.15) is 10.9 Å². The molecule has 1 amide bonds. The second kappa shape index (κ2) is 6.50. The summed E-state index contributed by atoms with van der Waals surface area (Å²) >= 11 is 0. The van der Waals surface area contributed by atoms with Gasteiger partial charge in [0.25, 0.3) is 5.91 Å². The lowest BCUT2D eigenvalue weighted by Crippen LogP contribution is -2.37. The van der Waals surface area contributed by atoms with Crippen LogP contribution in [-0.4, -0.2) is 34.8 Å². The standard InChI is InChI=1S/C15H21N3O3S/c1-8(2)21-15(20)10(16)7-22-12(14(17)19)6-11-13(22)9(3)4-5-18-11/h4-6,8,10,22H,7,16H2,1-3H3,(H2,17,19)/t10-/m0/s1. The maximum atomic E-state index is 11.9. The van der Waals surface area contributed by atoms with Gasteiger partial charge in [0.2, 0.25) is 0 Å². The Morgan fingerprint density at radius 1 is 1.41 bits per heavy atom. The van der Waals surface area contributed by atoms with Crippen LogP contribution in [0.25, 0.3) is 6.08 Å². The molecule has 0 saturated carbocycles. The van der Waals surface area contributed by atoms with Crippen LogP contribution in [0.4, 0.5) is 0 Å². The first-order chi connectivity index (χ1) is 10.3. The minimum atomic E-state index is -1.08. The first-order valence-electron chi connectivity index (χ1n) is 7.02. The number of primary amides is 1. The third-order valence-electron chi connectivity index (χ3n) is 3.27. The fraction of sp³-hybridized carbons (Fsp3) is 0.400. The van der Waals surface area contributed by atoms with E-state index >= 15 is 0 Å². The lowest BCUT2D eigenvalue weighted by atomic mass is 10.2. The van der Waals surface area contributed by atoms with E-state index in [2.05, 4.69) is 4.98 Å². The normalized spacial score (nSPS) is 19.5. The number of nitrogens with two attached hydrogens (primary N) is 2. The van der Waals surface area contributed by atoms with E-state index < -0.39 is 28.8 Å². The van der Waals surface area contributed by atoms with Crippen LogP contribution in [0.1, 0.15) is 25.1 Å². The summed E-state index contributed by atoms with van der Waals surface area (Å²) in [5, 5.41) is 0. The van der Waals surface area contributed by atoms with Gasteiger partial charge in [-0.25, -0.2) is 0 Å². The van der Waals surface area contributed by atoms with E-state index in [0.717, 1.165) is 16.2 Å². The maximum absolute atomic E-state index is 11.9. The topological polar surface area (TPSA) is 108 Å². The van der Waals surface area contributed by atoms with Crippen LogP contribution in [0, 0.1) is 6.92 Å². The summed E-state index contributed by atoms with van der Waals surface area (Å²) in [7, 11) is -1.08. The number of nitrogens with zero attached hydrogens (tertiary/aromatic N) is 1. The van der Waals surface area contributed by atoms with Crippen LogP contribution in [0.2, 0.25) is 0 Å². The molecule has 7 heteroatoms. The zero-order valence-electron chi connectivity index (χ0n) is 12.9. The van der Waals surface area contributed by atoms with Crippen molar-refractivity contribution in [1.82, 2.24) is 4.98 Å². The molecule has 6 nitrogen and oxygen atoms in total. The molecule has 1 aliphatic rings. The molecule has 0 spiro atoms. The second-order valence-electron chi connectivity index (χ2n) is 5.46. The molecule has 1 aromatic heterocycles. The Hall–Kier alpha value is -1.86. The molecule has 2 heterocycles. The quantitative estimate of drug-likeness (QED) is 0.550. The van der Waals surface area contributed by atoms with Gasteiger partial charge in [-0.1, -0.05) is 0 Å². The van der Waals surface area contributed by atoms with E-state index in [1.165, 1.54) is 0 Å². The Morgan fingerprint density at radius 3 is 2.68 bits per heavy atom. The largest absolute Gasteiger partial charge is 0.462 e. The number of pyridine rings is 1. The molecule has 1 aliphatic heterocycles. The molecule has 0 fully saturated rings. The SMILES string of the molecule is Cc1ccnc2c1[SH](C[C@H](N)C(=O)OC(C)C)C(C(N)=O)=C2. The van der Waals surface area contributed by atoms with E-state index in [1.807, 2.05) is 13.0 Å². The molecule has 22 heavy (non-hydrogen) atoms. The van der Waals surface area contributed by atoms with Crippen molar-refractivity contribution < 1.29 is 14.3 Å². The Balaban J connectivity index is 2.27. The van der Waals surface area contributed by atoms with Crippen molar-refractivity contribution in [2.45, 2.75) is 37.8 Å². The van der Waals surface area contributed by atoms with Crippen LogP contribution in [0.15, 0.2) is 22.1 Å². The summed E-state index contributed by atoms with van der Waals surface area (Å²) in [5.41, 5.74) is 13.2. The number of rotatable bonds is 5. The average Bonchev–Trinajstić information content (AvgIpc) is 2.78. The third kappa shape index (κ3) is 3.31. The summed E-state index contributed by atoms with van der Waals surface area (Å²) in [5.74, 6) is -0.626. The van der Waals surface area contributed by atoms with Gasteiger partial charge in [-0.3, -0.25) is 14.6 Å². The molecule has 0 bridgehead atoms. The number of hydrogen-bond acceptors (Lipinski definition) is 5. The fourth-order valence-corrected chi connectivity index (χ4v) is 4.95. The number of aryl methyl sites for hydroxylation is 1. The molecular formula is C15H21N3O3S. The number of amides is 1. The third-order valence-corrected chi connectivity index (χ3v) is 6.09. The van der Waals surface area contributed by atoms with Gasteiger partial charge in [0, 0.05) is 16.8 Å². The van der Waals surface area contributed by atoms with Gasteiger partial charge in [-0.05, 0) is 38.5 Å². The molecule has 0 radical (unpaired) electrons. The summed E-state index contributed by atoms with van der Waals surface area (Å²) in [4.78, 5) is 29.4. The van der Waals surface area contributed by atoms with Crippen LogP contribution < -0.4 is 11.5 Å². The van der Waals surface area contributed by atoms with Gasteiger partial charge < -0.3 is 16.2 Å². The Bertz CT molecular complexity index is 643. The van der Waals surface area contributed by atoms with Crippen molar-refractivity contribution >= 4 is 28.8 Å². The number of thiol groups is 1. The average molecular weight is 323 g/mol. The van der Waals surface area contributed by atoms with Crippen molar-refractivity contribution in [3.63, 3.8) is 0 Å². The number of hydrogen-bond donors (Lipinski definition) is 3. The van der Waals surface area contributed by atoms with E-state index in [-0.39, 0.29) is 6.10 Å². The summed E-state index contributed by atoms with van der Waals surface area (Å²) in [6.07, 6.45) is 3.17. The minimum absolute atomic E-state index is 0.225. The summed E-state index contributed by atoms with van der Waals surface area (Å²) in [6.45, 7) is 5.48. The smallest absolute Gasteiger partial charge is 0.323 e. The van der Waals surface area contributed by atoms with Crippen molar-refractivity contribution in [2.75, 3.05) is 5.75 Å². The van der Waals surface area contributed by atoms with Crippen LogP contribution >= 0.6 is 10.9 Å². The number of carbonyl (C=O) groups is 2. The highest BCUT2D eigenvalue weighted by Gasteiger charge is 2.31. The molecule has 2 atom stereocenters. The zero-order chi connectivity index (χ0) is 16.4. The number of fused-ring (bicyclic) bond motifs is 1. The van der Waals surface area contributed by atoms with Gasteiger partial charge in [0.1, 0.15) is 6.04 Å². The molecule has 0 saturated heterocycles. The first-order valence-corrected chi connectivity index (χ1v) is 8.54. The summed E-state index contributed by atoms with van der Waals surface area (Å²) < 4.78 is 5.13. The molecule has 1 aromatic rings. The predicted molar refractivity (Wildman–Crippen MR) is 87.5 cm³/mol. The number of carbonyl (C=O) groups excluding carboxylic acids is 2. The molecule has 2 rings (SSSR count). The molecule has 0 aliphatic carbocycles. The highest BCUT2D eigenvalue weighted by atomic mass is 32.2. The van der Waals surface area contributed by atoms with Crippen molar-refractivity contribution in [1.29, 1.82) is 0 Å². The second-order valence-corrected chi connectivity index (χ2v) is 7.61. The lowest BCUT2D eigenvalue weighted by molar-refractivity contribution is -0.148. The van der Waals surface area contributed by atoms with E-state index in [4.69, 9.17) is 16.2 Å². The van der Waals surface area contributed by atoms with Gasteiger partial charge in [0.15, 0.2) is 0 Å². The number of aromatic nitrogens is 1. The molecule has 120 valence electrons. The van der Waals surface area contributed by atoms with Gasteiger partial charge in [0.05, 0.1) is 16.7 Å². The van der Waals surface area contributed by atoms with Crippen LogP contribution in [-0.2, 0) is 14.3 Å². The predicted octanol–water partition coefficient (Wildman–Crippen LogP) is 0.869. The van der Waals surface area contributed by atoms with Crippen LogP contribution in [0.5, 0.6) is 0 Å².